The third-order valence-corrected chi connectivity index (χ3v) is 5.66. The summed E-state index contributed by atoms with van der Waals surface area (Å²) in [7, 11) is 1.54. The first-order valence-corrected chi connectivity index (χ1v) is 11.0. The van der Waals surface area contributed by atoms with Crippen LogP contribution in [0.15, 0.2) is 41.2 Å². The largest absolute Gasteiger partial charge is 0.493 e. The number of fused-ring (bicyclic) bond motifs is 2. The SMILES string of the molecule is CCOc1cc(-c2nc(C(N)=O)c3c(n2)n(-c2ccc4c(c2)OCO4)c(=O)n3CC)ccc1OC. The Morgan fingerprint density at radius 1 is 1.09 bits per heavy atom. The summed E-state index contributed by atoms with van der Waals surface area (Å²) in [6.45, 7) is 4.46. The van der Waals surface area contributed by atoms with Gasteiger partial charge in [0.15, 0.2) is 40.2 Å². The number of carbonyl (C=O) groups excluding carboxylic acids is 1. The van der Waals surface area contributed by atoms with Gasteiger partial charge in [-0.2, -0.15) is 0 Å². The fourth-order valence-electron chi connectivity index (χ4n) is 4.09. The lowest BCUT2D eigenvalue weighted by Gasteiger charge is -2.11. The number of aryl methyl sites for hydroxylation is 1. The van der Waals surface area contributed by atoms with E-state index in [1.165, 1.54) is 9.13 Å². The molecule has 0 spiro atoms. The van der Waals surface area contributed by atoms with Crippen molar-refractivity contribution in [3.8, 4) is 40.1 Å². The van der Waals surface area contributed by atoms with Crippen LogP contribution >= 0.6 is 0 Å². The first-order valence-electron chi connectivity index (χ1n) is 11.0. The van der Waals surface area contributed by atoms with Crippen LogP contribution < -0.4 is 30.4 Å². The molecule has 0 fully saturated rings. The second-order valence-electron chi connectivity index (χ2n) is 7.63. The van der Waals surface area contributed by atoms with Crippen LogP contribution in [0.2, 0.25) is 0 Å². The van der Waals surface area contributed by atoms with Crippen LogP contribution in [0.5, 0.6) is 23.0 Å². The number of methoxy groups -OCH3 is 1. The van der Waals surface area contributed by atoms with E-state index in [0.29, 0.717) is 40.9 Å². The number of benzene rings is 2. The lowest BCUT2D eigenvalue weighted by atomic mass is 10.1. The van der Waals surface area contributed by atoms with Crippen molar-refractivity contribution >= 4 is 17.1 Å². The van der Waals surface area contributed by atoms with Crippen molar-refractivity contribution in [1.82, 2.24) is 19.1 Å². The lowest BCUT2D eigenvalue weighted by molar-refractivity contribution is 0.0997. The topological polar surface area (TPSA) is 133 Å². The maximum Gasteiger partial charge on any atom is 0.335 e. The number of rotatable bonds is 7. The third kappa shape index (κ3) is 3.61. The van der Waals surface area contributed by atoms with Gasteiger partial charge in [0.2, 0.25) is 6.79 Å². The monoisotopic (exact) mass is 477 g/mol. The van der Waals surface area contributed by atoms with Crippen LogP contribution in [-0.4, -0.2) is 45.5 Å². The van der Waals surface area contributed by atoms with E-state index in [1.54, 1.807) is 50.4 Å². The van der Waals surface area contributed by atoms with Gasteiger partial charge in [-0.1, -0.05) is 0 Å². The van der Waals surface area contributed by atoms with Crippen molar-refractivity contribution in [2.24, 2.45) is 5.73 Å². The number of ether oxygens (including phenoxy) is 4. The Bertz CT molecular complexity index is 1520. The number of carbonyl (C=O) groups is 1. The van der Waals surface area contributed by atoms with Crippen LogP contribution in [0, 0.1) is 0 Å². The molecule has 3 heterocycles. The molecule has 0 unspecified atom stereocenters. The minimum Gasteiger partial charge on any atom is -0.493 e. The highest BCUT2D eigenvalue weighted by molar-refractivity contribution is 6.02. The minimum absolute atomic E-state index is 0.0581. The molecule has 35 heavy (non-hydrogen) atoms. The summed E-state index contributed by atoms with van der Waals surface area (Å²) in [5.74, 6) is 1.56. The molecule has 5 rings (SSSR count). The molecule has 11 nitrogen and oxygen atoms in total. The Hall–Kier alpha value is -4.54. The third-order valence-electron chi connectivity index (χ3n) is 5.66. The molecule has 0 bridgehead atoms. The molecule has 0 saturated heterocycles. The van der Waals surface area contributed by atoms with Gasteiger partial charge >= 0.3 is 5.69 Å². The number of hydrogen-bond acceptors (Lipinski definition) is 8. The molecule has 0 radical (unpaired) electrons. The van der Waals surface area contributed by atoms with Gasteiger partial charge in [0.25, 0.3) is 5.91 Å². The molecule has 1 aliphatic rings. The van der Waals surface area contributed by atoms with Crippen LogP contribution in [-0.2, 0) is 6.54 Å². The Morgan fingerprint density at radius 3 is 2.60 bits per heavy atom. The fraction of sp³-hybridized carbons (Fsp3) is 0.250. The van der Waals surface area contributed by atoms with Crippen molar-refractivity contribution < 1.29 is 23.7 Å². The van der Waals surface area contributed by atoms with Gasteiger partial charge in [-0.3, -0.25) is 9.36 Å². The predicted octanol–water partition coefficient (Wildman–Crippen LogP) is 2.50. The normalized spacial score (nSPS) is 12.2. The van der Waals surface area contributed by atoms with E-state index in [1.807, 2.05) is 6.92 Å². The Morgan fingerprint density at radius 2 is 1.89 bits per heavy atom. The molecule has 0 aliphatic carbocycles. The predicted molar refractivity (Wildman–Crippen MR) is 127 cm³/mol. The second kappa shape index (κ2) is 8.67. The summed E-state index contributed by atoms with van der Waals surface area (Å²) in [5.41, 5.74) is 6.82. The molecule has 0 saturated carbocycles. The first-order chi connectivity index (χ1) is 17.0. The smallest absolute Gasteiger partial charge is 0.335 e. The van der Waals surface area contributed by atoms with E-state index in [9.17, 15) is 9.59 Å². The van der Waals surface area contributed by atoms with Crippen LogP contribution in [0.25, 0.3) is 28.2 Å². The highest BCUT2D eigenvalue weighted by Crippen LogP contribution is 2.35. The Balaban J connectivity index is 1.80. The summed E-state index contributed by atoms with van der Waals surface area (Å²) in [6.07, 6.45) is 0. The highest BCUT2D eigenvalue weighted by Gasteiger charge is 2.25. The van der Waals surface area contributed by atoms with Crippen LogP contribution in [0.4, 0.5) is 0 Å². The lowest BCUT2D eigenvalue weighted by Crippen LogP contribution is -2.23. The maximum absolute atomic E-state index is 13.5. The molecule has 2 aromatic carbocycles. The average Bonchev–Trinajstić information content (AvgIpc) is 3.44. The number of hydrogen-bond donors (Lipinski definition) is 1. The summed E-state index contributed by atoms with van der Waals surface area (Å²) < 4.78 is 24.7. The van der Waals surface area contributed by atoms with Gasteiger partial charge in [0, 0.05) is 18.2 Å². The molecule has 1 amide bonds. The molecule has 4 aromatic rings. The first kappa shape index (κ1) is 22.3. The quantitative estimate of drug-likeness (QED) is 0.429. The molecule has 2 aromatic heterocycles. The summed E-state index contributed by atoms with van der Waals surface area (Å²) >= 11 is 0. The number of nitrogens with zero attached hydrogens (tertiary/aromatic N) is 4. The maximum atomic E-state index is 13.5. The van der Waals surface area contributed by atoms with Gasteiger partial charge in [-0.05, 0) is 44.2 Å². The number of amides is 1. The molecule has 0 atom stereocenters. The minimum atomic E-state index is -0.776. The van der Waals surface area contributed by atoms with Gasteiger partial charge in [0.05, 0.1) is 19.4 Å². The zero-order chi connectivity index (χ0) is 24.7. The standard InChI is InChI=1S/C24H23N5O6/c1-4-28-20-19(21(25)30)26-22(13-6-8-15(32-3)17(10-13)33-5-2)27-23(20)29(24(28)31)14-7-9-16-18(11-14)35-12-34-16/h6-11H,4-5,12H2,1-3H3,(H2,25,30). The molecular formula is C24H23N5O6. The van der Waals surface area contributed by atoms with Crippen molar-refractivity contribution in [3.05, 3.63) is 52.6 Å². The number of nitrogens with two attached hydrogens (primary N) is 1. The van der Waals surface area contributed by atoms with Crippen molar-refractivity contribution in [2.45, 2.75) is 20.4 Å². The van der Waals surface area contributed by atoms with Gasteiger partial charge < -0.3 is 24.7 Å². The van der Waals surface area contributed by atoms with Gasteiger partial charge in [-0.25, -0.2) is 19.3 Å². The molecule has 2 N–H and O–H groups in total. The number of imidazole rings is 1. The van der Waals surface area contributed by atoms with E-state index >= 15 is 0 Å². The summed E-state index contributed by atoms with van der Waals surface area (Å²) in [5, 5.41) is 0. The zero-order valence-electron chi connectivity index (χ0n) is 19.4. The highest BCUT2D eigenvalue weighted by atomic mass is 16.7. The van der Waals surface area contributed by atoms with E-state index < -0.39 is 5.91 Å². The van der Waals surface area contributed by atoms with Crippen molar-refractivity contribution in [3.63, 3.8) is 0 Å². The van der Waals surface area contributed by atoms with E-state index in [2.05, 4.69) is 4.98 Å². The van der Waals surface area contributed by atoms with Gasteiger partial charge in [0.1, 0.15) is 5.52 Å². The average molecular weight is 477 g/mol. The molecular weight excluding hydrogens is 454 g/mol. The molecule has 11 heteroatoms. The zero-order valence-corrected chi connectivity index (χ0v) is 19.4. The Kier molecular flexibility index (Phi) is 5.51. The summed E-state index contributed by atoms with van der Waals surface area (Å²) in [6, 6.07) is 10.3. The van der Waals surface area contributed by atoms with Crippen molar-refractivity contribution in [1.29, 1.82) is 0 Å². The number of aromatic nitrogens is 4. The Labute approximate surface area is 199 Å². The van der Waals surface area contributed by atoms with Gasteiger partial charge in [-0.15, -0.1) is 0 Å². The molecule has 180 valence electrons. The van der Waals surface area contributed by atoms with Crippen LogP contribution in [0.1, 0.15) is 24.3 Å². The van der Waals surface area contributed by atoms with E-state index in [0.717, 1.165) is 0 Å². The fourth-order valence-corrected chi connectivity index (χ4v) is 4.09. The molecule has 1 aliphatic heterocycles. The van der Waals surface area contributed by atoms with E-state index in [4.69, 9.17) is 29.7 Å². The van der Waals surface area contributed by atoms with Crippen molar-refractivity contribution in [2.75, 3.05) is 20.5 Å². The van der Waals surface area contributed by atoms with E-state index in [-0.39, 0.29) is 41.7 Å². The number of primary amides is 1. The van der Waals surface area contributed by atoms with Crippen LogP contribution in [0.3, 0.4) is 0 Å². The summed E-state index contributed by atoms with van der Waals surface area (Å²) in [4.78, 5) is 35.1. The second-order valence-corrected chi connectivity index (χ2v) is 7.63.